The summed E-state index contributed by atoms with van der Waals surface area (Å²) >= 11 is 0. The summed E-state index contributed by atoms with van der Waals surface area (Å²) in [4.78, 5) is 12.2. The van der Waals surface area contributed by atoms with E-state index >= 15 is 0 Å². The van der Waals surface area contributed by atoms with Gasteiger partial charge in [0.25, 0.3) is 0 Å². The van der Waals surface area contributed by atoms with Gasteiger partial charge in [-0.2, -0.15) is 0 Å². The third kappa shape index (κ3) is 43.7. The van der Waals surface area contributed by atoms with Gasteiger partial charge in [0, 0.05) is 12.8 Å². The van der Waals surface area contributed by atoms with Gasteiger partial charge in [-0.3, -0.25) is 4.79 Å². The quantitative estimate of drug-likeness (QED) is 0.0588. The predicted molar refractivity (Wildman–Crippen MR) is 220 cm³/mol. The molecule has 0 fully saturated rings. The molecule has 0 aliphatic heterocycles. The fourth-order valence-corrected chi connectivity index (χ4v) is 7.63. The van der Waals surface area contributed by atoms with Crippen LogP contribution in [0.4, 0.5) is 0 Å². The largest absolute Gasteiger partial charge is 0.300 e. The summed E-state index contributed by atoms with van der Waals surface area (Å²) in [5.74, 6) is 0.533. The normalized spacial score (nSPS) is 11.5. The van der Waals surface area contributed by atoms with Crippen LogP contribution in [0.2, 0.25) is 0 Å². The SMILES string of the molecule is CCCCCCCCCCCCCCCCCCCCCCCCC(=O)CCCCCCCCCCCCCCCCCCCCCC. The molecule has 0 saturated carbocycles. The summed E-state index contributed by atoms with van der Waals surface area (Å²) in [6.07, 6.45) is 61.3. The van der Waals surface area contributed by atoms with Gasteiger partial charge in [-0.1, -0.05) is 271 Å². The van der Waals surface area contributed by atoms with Crippen molar-refractivity contribution in [3.63, 3.8) is 0 Å². The fourth-order valence-electron chi connectivity index (χ4n) is 7.63. The van der Waals surface area contributed by atoms with Crippen molar-refractivity contribution in [2.24, 2.45) is 0 Å². The molecular weight excluding hydrogens is 581 g/mol. The van der Waals surface area contributed by atoms with E-state index in [1.165, 1.54) is 257 Å². The Bertz CT molecular complexity index is 567. The number of ketones is 1. The Labute approximate surface area is 306 Å². The molecule has 0 atom stereocenters. The molecule has 0 aliphatic rings. The van der Waals surface area contributed by atoms with Crippen LogP contribution in [0.15, 0.2) is 0 Å². The highest BCUT2D eigenvalue weighted by Gasteiger charge is 2.03. The Kier molecular flexibility index (Phi) is 44.4. The number of carbonyl (C=O) groups excluding carboxylic acids is 1. The van der Waals surface area contributed by atoms with Gasteiger partial charge < -0.3 is 0 Å². The average molecular weight is 675 g/mol. The van der Waals surface area contributed by atoms with E-state index in [1.807, 2.05) is 0 Å². The van der Waals surface area contributed by atoms with Crippen molar-refractivity contribution in [3.8, 4) is 0 Å². The van der Waals surface area contributed by atoms with Crippen LogP contribution in [-0.4, -0.2) is 5.78 Å². The molecule has 1 nitrogen and oxygen atoms in total. The van der Waals surface area contributed by atoms with E-state index in [-0.39, 0.29) is 0 Å². The molecule has 0 aromatic carbocycles. The second kappa shape index (κ2) is 44.7. The van der Waals surface area contributed by atoms with Gasteiger partial charge in [-0.25, -0.2) is 0 Å². The molecule has 0 unspecified atom stereocenters. The van der Waals surface area contributed by atoms with Crippen LogP contribution in [0.1, 0.15) is 296 Å². The van der Waals surface area contributed by atoms with Gasteiger partial charge >= 0.3 is 0 Å². The van der Waals surface area contributed by atoms with Crippen molar-refractivity contribution in [1.29, 1.82) is 0 Å². The smallest absolute Gasteiger partial charge is 0.132 e. The van der Waals surface area contributed by atoms with Crippen molar-refractivity contribution >= 4 is 5.78 Å². The van der Waals surface area contributed by atoms with Crippen molar-refractivity contribution < 1.29 is 4.79 Å². The Morgan fingerprint density at radius 2 is 0.333 bits per heavy atom. The Hall–Kier alpha value is -0.330. The summed E-state index contributed by atoms with van der Waals surface area (Å²) in [7, 11) is 0. The van der Waals surface area contributed by atoms with E-state index in [0.29, 0.717) is 5.78 Å². The molecular formula is C47H94O. The lowest BCUT2D eigenvalue weighted by Crippen LogP contribution is -1.97. The molecule has 0 aromatic rings. The van der Waals surface area contributed by atoms with Gasteiger partial charge in [0.05, 0.1) is 0 Å². The molecule has 1 heteroatoms. The van der Waals surface area contributed by atoms with Crippen molar-refractivity contribution in [2.75, 3.05) is 0 Å². The number of Topliss-reactive ketones (excluding diaryl/α,β-unsaturated/α-hetero) is 1. The van der Waals surface area contributed by atoms with Crippen LogP contribution in [0.25, 0.3) is 0 Å². The van der Waals surface area contributed by atoms with Gasteiger partial charge in [-0.15, -0.1) is 0 Å². The highest BCUT2D eigenvalue weighted by atomic mass is 16.1. The topological polar surface area (TPSA) is 17.1 Å². The molecule has 0 saturated heterocycles. The van der Waals surface area contributed by atoms with E-state index in [4.69, 9.17) is 0 Å². The minimum absolute atomic E-state index is 0.533. The first-order valence-corrected chi connectivity index (χ1v) is 23.3. The first-order chi connectivity index (χ1) is 23.8. The summed E-state index contributed by atoms with van der Waals surface area (Å²) < 4.78 is 0. The molecule has 0 heterocycles. The summed E-state index contributed by atoms with van der Waals surface area (Å²) in [6, 6.07) is 0. The lowest BCUT2D eigenvalue weighted by Gasteiger charge is -2.05. The average Bonchev–Trinajstić information content (AvgIpc) is 3.09. The third-order valence-corrected chi connectivity index (χ3v) is 11.1. The number of rotatable bonds is 44. The fraction of sp³-hybridized carbons (Fsp3) is 0.979. The number of carbonyl (C=O) groups is 1. The van der Waals surface area contributed by atoms with Gasteiger partial charge in [0.2, 0.25) is 0 Å². The zero-order chi connectivity index (χ0) is 34.7. The van der Waals surface area contributed by atoms with E-state index in [2.05, 4.69) is 13.8 Å². The van der Waals surface area contributed by atoms with E-state index < -0.39 is 0 Å². The molecule has 0 bridgehead atoms. The van der Waals surface area contributed by atoms with Crippen molar-refractivity contribution in [1.82, 2.24) is 0 Å². The Morgan fingerprint density at radius 3 is 0.479 bits per heavy atom. The highest BCUT2D eigenvalue weighted by Crippen LogP contribution is 2.17. The maximum atomic E-state index is 12.2. The Morgan fingerprint density at radius 1 is 0.208 bits per heavy atom. The maximum Gasteiger partial charge on any atom is 0.132 e. The van der Waals surface area contributed by atoms with Gasteiger partial charge in [0.15, 0.2) is 0 Å². The van der Waals surface area contributed by atoms with Crippen LogP contribution < -0.4 is 0 Å². The maximum absolute atomic E-state index is 12.2. The molecule has 48 heavy (non-hydrogen) atoms. The molecule has 0 aromatic heterocycles. The third-order valence-electron chi connectivity index (χ3n) is 11.1. The predicted octanol–water partition coefficient (Wildman–Crippen LogP) is 17.8. The molecule has 0 amide bonds. The van der Waals surface area contributed by atoms with Gasteiger partial charge in [0.1, 0.15) is 5.78 Å². The van der Waals surface area contributed by atoms with Gasteiger partial charge in [-0.05, 0) is 12.8 Å². The molecule has 0 N–H and O–H groups in total. The minimum atomic E-state index is 0.533. The molecule has 288 valence electrons. The number of hydrogen-bond donors (Lipinski definition) is 0. The van der Waals surface area contributed by atoms with Crippen molar-refractivity contribution in [3.05, 3.63) is 0 Å². The summed E-state index contributed by atoms with van der Waals surface area (Å²) in [5.41, 5.74) is 0. The van der Waals surface area contributed by atoms with E-state index in [0.717, 1.165) is 25.7 Å². The summed E-state index contributed by atoms with van der Waals surface area (Å²) in [6.45, 7) is 4.61. The highest BCUT2D eigenvalue weighted by molar-refractivity contribution is 5.78. The number of unbranched alkanes of at least 4 members (excludes halogenated alkanes) is 40. The monoisotopic (exact) mass is 675 g/mol. The first-order valence-electron chi connectivity index (χ1n) is 23.3. The second-order valence-corrected chi connectivity index (χ2v) is 16.2. The van der Waals surface area contributed by atoms with Crippen LogP contribution in [0.3, 0.4) is 0 Å². The second-order valence-electron chi connectivity index (χ2n) is 16.2. The van der Waals surface area contributed by atoms with E-state index in [9.17, 15) is 4.79 Å². The molecule has 0 radical (unpaired) electrons. The first kappa shape index (κ1) is 47.7. The lowest BCUT2D eigenvalue weighted by atomic mass is 10.0. The van der Waals surface area contributed by atoms with Crippen LogP contribution in [-0.2, 0) is 4.79 Å². The molecule has 0 spiro atoms. The van der Waals surface area contributed by atoms with Crippen LogP contribution in [0, 0.1) is 0 Å². The van der Waals surface area contributed by atoms with E-state index in [1.54, 1.807) is 0 Å². The van der Waals surface area contributed by atoms with Crippen LogP contribution >= 0.6 is 0 Å². The summed E-state index contributed by atoms with van der Waals surface area (Å²) in [5, 5.41) is 0. The Balaban J connectivity index is 3.14. The van der Waals surface area contributed by atoms with Crippen molar-refractivity contribution in [2.45, 2.75) is 296 Å². The number of hydrogen-bond acceptors (Lipinski definition) is 1. The lowest BCUT2D eigenvalue weighted by molar-refractivity contribution is -0.119. The zero-order valence-corrected chi connectivity index (χ0v) is 34.0. The molecule has 0 rings (SSSR count). The zero-order valence-electron chi connectivity index (χ0n) is 34.0. The molecule has 0 aliphatic carbocycles. The van der Waals surface area contributed by atoms with Crippen LogP contribution in [0.5, 0.6) is 0 Å². The minimum Gasteiger partial charge on any atom is -0.300 e. The standard InChI is InChI=1S/C47H94O/c1-3-5-7-9-11-13-15-17-19-21-23-25-26-28-30-32-34-36-38-40-42-44-46-47(48)45-43-41-39-37-35-33-31-29-27-24-22-20-18-16-14-12-10-8-6-4-2/h3-46H2,1-2H3.